The summed E-state index contributed by atoms with van der Waals surface area (Å²) in [5, 5.41) is 0. The summed E-state index contributed by atoms with van der Waals surface area (Å²) >= 11 is 1.33. The molecule has 0 spiro atoms. The molecule has 0 fully saturated rings. The zero-order chi connectivity index (χ0) is 7.82. The van der Waals surface area contributed by atoms with Crippen LogP contribution in [-0.2, 0) is 23.9 Å². The summed E-state index contributed by atoms with van der Waals surface area (Å²) in [6.07, 6.45) is 8.40. The van der Waals surface area contributed by atoms with Gasteiger partial charge in [-0.3, -0.25) is 0 Å². The third-order valence-corrected chi connectivity index (χ3v) is 3.46. The van der Waals surface area contributed by atoms with Gasteiger partial charge in [0.1, 0.15) is 0 Å². The average Bonchev–Trinajstić information content (AvgIpc) is 1.97. The Labute approximate surface area is 79.5 Å². The van der Waals surface area contributed by atoms with Crippen molar-refractivity contribution in [3.8, 4) is 0 Å². The summed E-state index contributed by atoms with van der Waals surface area (Å²) < 4.78 is 1.84. The van der Waals surface area contributed by atoms with Crippen LogP contribution in [0.15, 0.2) is 0 Å². The van der Waals surface area contributed by atoms with Gasteiger partial charge in [-0.25, -0.2) is 0 Å². The van der Waals surface area contributed by atoms with Gasteiger partial charge in [0.2, 0.25) is 0 Å². The van der Waals surface area contributed by atoms with Gasteiger partial charge in [-0.2, -0.15) is 0 Å². The van der Waals surface area contributed by atoms with Crippen molar-refractivity contribution >= 4 is 3.26 Å². The van der Waals surface area contributed by atoms with Crippen molar-refractivity contribution in [2.75, 3.05) is 0 Å². The molecule has 10 heavy (non-hydrogen) atoms. The van der Waals surface area contributed by atoms with E-state index in [2.05, 4.69) is 13.8 Å². The summed E-state index contributed by atoms with van der Waals surface area (Å²) in [5.74, 6) is 0. The van der Waals surface area contributed by atoms with Crippen LogP contribution in [0.1, 0.15) is 52.4 Å². The Morgan fingerprint density at radius 1 is 1.00 bits per heavy atom. The fraction of sp³-hybridized carbons (Fsp3) is 0.889. The minimum atomic E-state index is 1.33. The van der Waals surface area contributed by atoms with Crippen molar-refractivity contribution in [1.29, 1.82) is 0 Å². The molecule has 0 rings (SSSR count). The van der Waals surface area contributed by atoms with Crippen LogP contribution in [0.2, 0.25) is 0 Å². The molecular weight excluding hydrogens is 287 g/mol. The number of rotatable bonds is 6. The molecule has 0 amide bonds. The van der Waals surface area contributed by atoms with E-state index in [9.17, 15) is 0 Å². The van der Waals surface area contributed by atoms with Gasteiger partial charge in [-0.1, -0.05) is 0 Å². The molecule has 56 valence electrons. The van der Waals surface area contributed by atoms with E-state index < -0.39 is 0 Å². The van der Waals surface area contributed by atoms with Crippen molar-refractivity contribution in [1.82, 2.24) is 0 Å². The first kappa shape index (κ1) is 10.7. The van der Waals surface area contributed by atoms with E-state index in [1.165, 1.54) is 62.4 Å². The van der Waals surface area contributed by atoms with Crippen molar-refractivity contribution < 1.29 is 23.9 Å². The van der Waals surface area contributed by atoms with Crippen molar-refractivity contribution in [3.63, 3.8) is 0 Å². The fourth-order valence-electron chi connectivity index (χ4n) is 0.905. The SMILES string of the molecule is CCCC[C](=[Hf+2])CCCC. The van der Waals surface area contributed by atoms with Gasteiger partial charge < -0.3 is 0 Å². The van der Waals surface area contributed by atoms with E-state index in [0.717, 1.165) is 0 Å². The molecule has 0 N–H and O–H groups in total. The second-order valence-electron chi connectivity index (χ2n) is 2.81. The molecule has 0 nitrogen and oxygen atoms in total. The van der Waals surface area contributed by atoms with Gasteiger partial charge in [-0.15, -0.1) is 0 Å². The van der Waals surface area contributed by atoms with E-state index in [0.29, 0.717) is 0 Å². The summed E-state index contributed by atoms with van der Waals surface area (Å²) in [4.78, 5) is 0. The van der Waals surface area contributed by atoms with Gasteiger partial charge in [-0.05, 0) is 0 Å². The van der Waals surface area contributed by atoms with Crippen LogP contribution in [0.5, 0.6) is 0 Å². The molecular formula is C9H18Hf+2. The molecule has 0 aliphatic heterocycles. The third kappa shape index (κ3) is 6.85. The topological polar surface area (TPSA) is 0 Å². The summed E-state index contributed by atoms with van der Waals surface area (Å²) in [6, 6.07) is 0. The first-order valence-corrected chi connectivity index (χ1v) is 6.17. The maximum absolute atomic E-state index is 2.27. The van der Waals surface area contributed by atoms with Crippen LogP contribution in [0.4, 0.5) is 0 Å². The summed E-state index contributed by atoms with van der Waals surface area (Å²) in [6.45, 7) is 4.54. The first-order valence-electron chi connectivity index (χ1n) is 4.37. The van der Waals surface area contributed by atoms with Crippen LogP contribution < -0.4 is 0 Å². The number of hydrogen-bond donors (Lipinski definition) is 0. The first-order chi connectivity index (χ1) is 4.81. The molecule has 0 aliphatic carbocycles. The normalized spacial score (nSPS) is 10.0. The molecule has 0 bridgehead atoms. The molecule has 0 saturated heterocycles. The molecule has 0 aromatic heterocycles. The van der Waals surface area contributed by atoms with E-state index in [1.807, 2.05) is 3.26 Å². The number of hydrogen-bond acceptors (Lipinski definition) is 0. The summed E-state index contributed by atoms with van der Waals surface area (Å²) in [5.41, 5.74) is 0. The van der Waals surface area contributed by atoms with Gasteiger partial charge >= 0.3 is 79.5 Å². The van der Waals surface area contributed by atoms with Crippen LogP contribution in [-0.4, -0.2) is 3.26 Å². The van der Waals surface area contributed by atoms with Gasteiger partial charge in [0.25, 0.3) is 0 Å². The molecule has 1 heteroatoms. The zero-order valence-corrected chi connectivity index (χ0v) is 10.8. The molecule has 0 radical (unpaired) electrons. The Kier molecular flexibility index (Phi) is 8.42. The maximum atomic E-state index is 2.27. The molecule has 0 atom stereocenters. The van der Waals surface area contributed by atoms with E-state index in [1.54, 1.807) is 0 Å². The van der Waals surface area contributed by atoms with E-state index >= 15 is 0 Å². The monoisotopic (exact) mass is 306 g/mol. The van der Waals surface area contributed by atoms with Crippen LogP contribution >= 0.6 is 0 Å². The van der Waals surface area contributed by atoms with Gasteiger partial charge in [0.15, 0.2) is 0 Å². The predicted molar refractivity (Wildman–Crippen MR) is 44.1 cm³/mol. The number of unbranched alkanes of at least 4 members (excludes halogenated alkanes) is 2. The van der Waals surface area contributed by atoms with Crippen molar-refractivity contribution in [3.05, 3.63) is 0 Å². The molecule has 0 aromatic carbocycles. The Hall–Kier alpha value is 0.740. The molecule has 0 aliphatic rings. The Morgan fingerprint density at radius 2 is 1.40 bits per heavy atom. The van der Waals surface area contributed by atoms with Crippen molar-refractivity contribution in [2.45, 2.75) is 52.4 Å². The molecule has 0 saturated carbocycles. The van der Waals surface area contributed by atoms with Crippen LogP contribution in [0.25, 0.3) is 0 Å². The fourth-order valence-corrected chi connectivity index (χ4v) is 2.18. The van der Waals surface area contributed by atoms with E-state index in [-0.39, 0.29) is 0 Å². The van der Waals surface area contributed by atoms with Crippen LogP contribution in [0.3, 0.4) is 0 Å². The molecule has 0 heterocycles. The third-order valence-electron chi connectivity index (χ3n) is 1.66. The average molecular weight is 305 g/mol. The molecule has 0 aromatic rings. The Balaban J connectivity index is 3.09. The second kappa shape index (κ2) is 7.84. The second-order valence-corrected chi connectivity index (χ2v) is 5.35. The van der Waals surface area contributed by atoms with E-state index in [4.69, 9.17) is 0 Å². The predicted octanol–water partition coefficient (Wildman–Crippen LogP) is 3.09. The minimum absolute atomic E-state index is 1.33. The summed E-state index contributed by atoms with van der Waals surface area (Å²) in [7, 11) is 0. The van der Waals surface area contributed by atoms with Crippen molar-refractivity contribution in [2.24, 2.45) is 0 Å². The van der Waals surface area contributed by atoms with Crippen LogP contribution in [0, 0.1) is 0 Å². The molecule has 0 unspecified atom stereocenters. The standard InChI is InChI=1S/C9H18.Hf/c1-3-5-7-9-8-6-4-2;/h3-8H2,1-2H3;/q;+2. The van der Waals surface area contributed by atoms with Gasteiger partial charge in [0, 0.05) is 0 Å². The Bertz CT molecular complexity index is 76.7. The zero-order valence-electron chi connectivity index (χ0n) is 7.24. The Morgan fingerprint density at radius 3 is 1.70 bits per heavy atom. The quantitative estimate of drug-likeness (QED) is 0.662. The van der Waals surface area contributed by atoms with Gasteiger partial charge in [0.05, 0.1) is 0 Å².